The number of rotatable bonds is 3. The second-order valence-electron chi connectivity index (χ2n) is 4.43. The molecule has 92 valence electrons. The van der Waals surface area contributed by atoms with Crippen LogP contribution in [0.5, 0.6) is 0 Å². The van der Waals surface area contributed by atoms with Gasteiger partial charge in [-0.3, -0.25) is 4.79 Å². The molecule has 0 radical (unpaired) electrons. The molecule has 0 aliphatic carbocycles. The Morgan fingerprint density at radius 1 is 1.38 bits per heavy atom. The van der Waals surface area contributed by atoms with E-state index in [9.17, 15) is 9.59 Å². The van der Waals surface area contributed by atoms with E-state index in [0.717, 1.165) is 25.9 Å². The van der Waals surface area contributed by atoms with Gasteiger partial charge in [-0.25, -0.2) is 4.79 Å². The van der Waals surface area contributed by atoms with Crippen LogP contribution >= 0.6 is 0 Å². The molecule has 0 atom stereocenters. The van der Waals surface area contributed by atoms with Crippen LogP contribution in [0.4, 0.5) is 4.79 Å². The second kappa shape index (κ2) is 5.72. The van der Waals surface area contributed by atoms with E-state index < -0.39 is 5.91 Å². The predicted molar refractivity (Wildman–Crippen MR) is 61.8 cm³/mol. The van der Waals surface area contributed by atoms with E-state index in [1.807, 2.05) is 11.8 Å². The number of likely N-dealkylation sites (N-methyl/N-ethyl adjacent to an activating group) is 1. The summed E-state index contributed by atoms with van der Waals surface area (Å²) in [4.78, 5) is 26.1. The van der Waals surface area contributed by atoms with Gasteiger partial charge in [-0.05, 0) is 25.7 Å². The molecule has 0 aromatic carbocycles. The Hall–Kier alpha value is -1.26. The molecule has 1 saturated heterocycles. The molecule has 0 spiro atoms. The van der Waals surface area contributed by atoms with Crippen LogP contribution in [0.3, 0.4) is 0 Å². The first-order valence-electron chi connectivity index (χ1n) is 5.86. The Bertz CT molecular complexity index is 260. The van der Waals surface area contributed by atoms with E-state index in [2.05, 4.69) is 6.92 Å². The molecular formula is C11H21N3O2. The quantitative estimate of drug-likeness (QED) is 0.769. The van der Waals surface area contributed by atoms with Gasteiger partial charge in [0.15, 0.2) is 0 Å². The first-order valence-corrected chi connectivity index (χ1v) is 5.86. The molecule has 0 bridgehead atoms. The smallest absolute Gasteiger partial charge is 0.320 e. The number of likely N-dealkylation sites (tertiary alicyclic amines) is 1. The minimum absolute atomic E-state index is 0.0153. The number of nitrogens with two attached hydrogens (primary N) is 1. The van der Waals surface area contributed by atoms with Gasteiger partial charge in [0, 0.05) is 19.6 Å². The van der Waals surface area contributed by atoms with Gasteiger partial charge in [0.2, 0.25) is 5.91 Å². The Morgan fingerprint density at radius 2 is 1.94 bits per heavy atom. The van der Waals surface area contributed by atoms with E-state index in [1.165, 1.54) is 4.90 Å². The molecule has 0 unspecified atom stereocenters. The zero-order valence-electron chi connectivity index (χ0n) is 10.1. The second-order valence-corrected chi connectivity index (χ2v) is 4.43. The lowest BCUT2D eigenvalue weighted by Crippen LogP contribution is -2.48. The average molecular weight is 227 g/mol. The molecule has 1 rings (SSSR count). The van der Waals surface area contributed by atoms with Gasteiger partial charge >= 0.3 is 6.03 Å². The third-order valence-electron chi connectivity index (χ3n) is 3.05. The van der Waals surface area contributed by atoms with Gasteiger partial charge in [0.1, 0.15) is 6.54 Å². The van der Waals surface area contributed by atoms with Crippen molar-refractivity contribution >= 4 is 11.9 Å². The fourth-order valence-corrected chi connectivity index (χ4v) is 1.90. The van der Waals surface area contributed by atoms with Crippen molar-refractivity contribution in [2.75, 3.05) is 26.2 Å². The summed E-state index contributed by atoms with van der Waals surface area (Å²) >= 11 is 0. The molecule has 2 N–H and O–H groups in total. The number of amides is 3. The maximum Gasteiger partial charge on any atom is 0.320 e. The molecule has 1 aliphatic heterocycles. The van der Waals surface area contributed by atoms with E-state index in [-0.39, 0.29) is 12.6 Å². The van der Waals surface area contributed by atoms with Gasteiger partial charge in [0.25, 0.3) is 0 Å². The fourth-order valence-electron chi connectivity index (χ4n) is 1.90. The minimum atomic E-state index is -0.458. The largest absolute Gasteiger partial charge is 0.368 e. The normalized spacial score (nSPS) is 17.2. The summed E-state index contributed by atoms with van der Waals surface area (Å²) in [5.74, 6) is 0.232. The summed E-state index contributed by atoms with van der Waals surface area (Å²) in [6.07, 6.45) is 2.08. The standard InChI is InChI=1S/C11H21N3O2/c1-3-13(8-10(12)15)11(16)14-6-4-9(2)5-7-14/h9H,3-8H2,1-2H3,(H2,12,15). The molecule has 1 fully saturated rings. The number of hydrogen-bond donors (Lipinski definition) is 1. The Labute approximate surface area is 96.6 Å². The van der Waals surface area contributed by atoms with Crippen molar-refractivity contribution in [2.45, 2.75) is 26.7 Å². The number of primary amides is 1. The van der Waals surface area contributed by atoms with Crippen LogP contribution < -0.4 is 5.73 Å². The van der Waals surface area contributed by atoms with Crippen LogP contribution in [-0.4, -0.2) is 47.9 Å². The Kier molecular flexibility index (Phi) is 4.58. The van der Waals surface area contributed by atoms with Gasteiger partial charge in [-0.15, -0.1) is 0 Å². The first-order chi connectivity index (χ1) is 7.54. The zero-order chi connectivity index (χ0) is 12.1. The van der Waals surface area contributed by atoms with Crippen molar-refractivity contribution in [1.82, 2.24) is 9.80 Å². The number of urea groups is 1. The number of carbonyl (C=O) groups is 2. The highest BCUT2D eigenvalue weighted by atomic mass is 16.2. The first kappa shape index (κ1) is 12.8. The highest BCUT2D eigenvalue weighted by molar-refractivity contribution is 5.83. The molecule has 16 heavy (non-hydrogen) atoms. The van der Waals surface area contributed by atoms with Crippen molar-refractivity contribution < 1.29 is 9.59 Å². The maximum absolute atomic E-state index is 12.0. The monoisotopic (exact) mass is 227 g/mol. The molecule has 0 aromatic rings. The number of nitrogens with zero attached hydrogens (tertiary/aromatic N) is 2. The molecule has 1 aliphatic rings. The van der Waals surface area contributed by atoms with E-state index in [4.69, 9.17) is 5.73 Å². The van der Waals surface area contributed by atoms with Crippen LogP contribution in [0.2, 0.25) is 0 Å². The summed E-state index contributed by atoms with van der Waals surface area (Å²) in [5, 5.41) is 0. The molecule has 0 saturated carbocycles. The van der Waals surface area contributed by atoms with E-state index >= 15 is 0 Å². The topological polar surface area (TPSA) is 66.6 Å². The van der Waals surface area contributed by atoms with Crippen molar-refractivity contribution in [3.05, 3.63) is 0 Å². The fraction of sp³-hybridized carbons (Fsp3) is 0.818. The summed E-state index contributed by atoms with van der Waals surface area (Å²) in [6.45, 7) is 6.16. The molecule has 5 nitrogen and oxygen atoms in total. The zero-order valence-corrected chi connectivity index (χ0v) is 10.1. The lowest BCUT2D eigenvalue weighted by Gasteiger charge is -2.34. The third-order valence-corrected chi connectivity index (χ3v) is 3.05. The van der Waals surface area contributed by atoms with Crippen LogP contribution in [0.15, 0.2) is 0 Å². The van der Waals surface area contributed by atoms with Crippen LogP contribution in [-0.2, 0) is 4.79 Å². The van der Waals surface area contributed by atoms with Crippen LogP contribution in [0, 0.1) is 5.92 Å². The summed E-state index contributed by atoms with van der Waals surface area (Å²) < 4.78 is 0. The van der Waals surface area contributed by atoms with Crippen molar-refractivity contribution in [2.24, 2.45) is 11.7 Å². The average Bonchev–Trinajstić information content (AvgIpc) is 2.25. The SMILES string of the molecule is CCN(CC(N)=O)C(=O)N1CCC(C)CC1. The minimum Gasteiger partial charge on any atom is -0.368 e. The van der Waals surface area contributed by atoms with E-state index in [1.54, 1.807) is 0 Å². The number of piperidine rings is 1. The summed E-state index contributed by atoms with van der Waals surface area (Å²) in [6, 6.07) is -0.0619. The van der Waals surface area contributed by atoms with Crippen molar-refractivity contribution in [3.63, 3.8) is 0 Å². The predicted octanol–water partition coefficient (Wildman–Crippen LogP) is 0.645. The highest BCUT2D eigenvalue weighted by Gasteiger charge is 2.24. The highest BCUT2D eigenvalue weighted by Crippen LogP contribution is 2.17. The number of carbonyl (C=O) groups excluding carboxylic acids is 2. The molecule has 5 heteroatoms. The maximum atomic E-state index is 12.0. The Morgan fingerprint density at radius 3 is 2.38 bits per heavy atom. The Balaban J connectivity index is 2.51. The summed E-state index contributed by atoms with van der Waals surface area (Å²) in [5.41, 5.74) is 5.11. The van der Waals surface area contributed by atoms with E-state index in [0.29, 0.717) is 12.5 Å². The molecule has 1 heterocycles. The van der Waals surface area contributed by atoms with Gasteiger partial charge in [-0.1, -0.05) is 6.92 Å². The number of hydrogen-bond acceptors (Lipinski definition) is 2. The van der Waals surface area contributed by atoms with Gasteiger partial charge < -0.3 is 15.5 Å². The molecule has 0 aromatic heterocycles. The molecular weight excluding hydrogens is 206 g/mol. The van der Waals surface area contributed by atoms with Crippen molar-refractivity contribution in [1.29, 1.82) is 0 Å². The molecule has 3 amide bonds. The van der Waals surface area contributed by atoms with Crippen LogP contribution in [0.25, 0.3) is 0 Å². The lowest BCUT2D eigenvalue weighted by molar-refractivity contribution is -0.118. The lowest BCUT2D eigenvalue weighted by atomic mass is 10.00. The summed E-state index contributed by atoms with van der Waals surface area (Å²) in [7, 11) is 0. The van der Waals surface area contributed by atoms with Crippen LogP contribution in [0.1, 0.15) is 26.7 Å². The third kappa shape index (κ3) is 3.40. The van der Waals surface area contributed by atoms with Gasteiger partial charge in [0.05, 0.1) is 0 Å². The van der Waals surface area contributed by atoms with Gasteiger partial charge in [-0.2, -0.15) is 0 Å². The van der Waals surface area contributed by atoms with Crippen molar-refractivity contribution in [3.8, 4) is 0 Å².